The second-order valence-electron chi connectivity index (χ2n) is 8.99. The van der Waals surface area contributed by atoms with Crippen LogP contribution in [-0.4, -0.2) is 42.0 Å². The van der Waals surface area contributed by atoms with Gasteiger partial charge in [-0.15, -0.1) is 0 Å². The molecule has 8 nitrogen and oxygen atoms in total. The molecule has 0 saturated carbocycles. The topological polar surface area (TPSA) is 98.4 Å². The molecule has 3 aromatic rings. The molecule has 1 aliphatic heterocycles. The average molecular weight is 520 g/mol. The number of carbonyl (C=O) groups excluding carboxylic acids is 2. The molecule has 1 unspecified atom stereocenters. The maximum atomic E-state index is 13.3. The van der Waals surface area contributed by atoms with Crippen molar-refractivity contribution in [2.45, 2.75) is 45.7 Å². The maximum absolute atomic E-state index is 13.3. The number of Topliss-reactive ketones (excluding diaryl/α,β-unsaturated/α-hetero) is 1. The molecule has 1 N–H and O–H groups in total. The molecule has 1 amide bonds. The third-order valence-corrected chi connectivity index (χ3v) is 6.31. The summed E-state index contributed by atoms with van der Waals surface area (Å²) in [4.78, 5) is 28.0. The second kappa shape index (κ2) is 12.4. The van der Waals surface area contributed by atoms with Gasteiger partial charge in [-0.3, -0.25) is 9.59 Å². The van der Waals surface area contributed by atoms with Crippen molar-refractivity contribution in [3.8, 4) is 17.2 Å². The first-order valence-corrected chi connectivity index (χ1v) is 12.8. The highest BCUT2D eigenvalue weighted by atomic mass is 16.5. The smallest absolute Gasteiger partial charge is 0.296 e. The molecule has 38 heavy (non-hydrogen) atoms. The molecule has 0 spiro atoms. The van der Waals surface area contributed by atoms with Crippen molar-refractivity contribution in [3.05, 3.63) is 83.3 Å². The van der Waals surface area contributed by atoms with Crippen LogP contribution in [-0.2, 0) is 16.1 Å². The second-order valence-corrected chi connectivity index (χ2v) is 8.99. The number of hydrogen-bond donors (Lipinski definition) is 1. The Labute approximate surface area is 222 Å². The van der Waals surface area contributed by atoms with Crippen LogP contribution in [0.1, 0.15) is 56.0 Å². The number of amides is 1. The Bertz CT molecular complexity index is 1280. The van der Waals surface area contributed by atoms with Crippen LogP contribution in [0.5, 0.6) is 17.2 Å². The summed E-state index contributed by atoms with van der Waals surface area (Å²) in [6.07, 6.45) is 4.27. The Hall–Kier alpha value is -4.20. The van der Waals surface area contributed by atoms with Gasteiger partial charge in [0, 0.05) is 5.56 Å². The monoisotopic (exact) mass is 519 g/mol. The van der Waals surface area contributed by atoms with Crippen molar-refractivity contribution in [2.24, 2.45) is 0 Å². The molecule has 1 aromatic heterocycles. The minimum atomic E-state index is -0.866. The average Bonchev–Trinajstić information content (AvgIpc) is 3.54. The van der Waals surface area contributed by atoms with Crippen LogP contribution in [0.25, 0.3) is 5.76 Å². The third-order valence-electron chi connectivity index (χ3n) is 6.31. The molecule has 2 aromatic carbocycles. The number of nitrogens with zero attached hydrogens (tertiary/aromatic N) is 1. The minimum Gasteiger partial charge on any atom is -0.507 e. The minimum absolute atomic E-state index is 0.00881. The zero-order valence-electron chi connectivity index (χ0n) is 21.9. The lowest BCUT2D eigenvalue weighted by atomic mass is 9.95. The summed E-state index contributed by atoms with van der Waals surface area (Å²) in [6.45, 7) is 5.27. The van der Waals surface area contributed by atoms with Gasteiger partial charge in [-0.2, -0.15) is 0 Å². The first-order valence-electron chi connectivity index (χ1n) is 12.8. The standard InChI is InChI=1S/C30H33NO7/c1-4-6-16-38-24-14-11-21(18-25(24)35-3)27-26(28(32)20-9-12-22(13-10-20)36-15-5-2)29(33)30(34)31(27)19-23-8-7-17-37-23/h7-14,17-18,27,32H,4-6,15-16,19H2,1-3H3/b28-26+. The van der Waals surface area contributed by atoms with Crippen LogP contribution in [0.15, 0.2) is 70.9 Å². The van der Waals surface area contributed by atoms with Gasteiger partial charge in [0.15, 0.2) is 11.5 Å². The van der Waals surface area contributed by atoms with E-state index < -0.39 is 17.7 Å². The first kappa shape index (κ1) is 26.9. The Morgan fingerprint density at radius 3 is 2.42 bits per heavy atom. The van der Waals surface area contributed by atoms with E-state index in [1.807, 2.05) is 6.92 Å². The van der Waals surface area contributed by atoms with E-state index in [0.29, 0.717) is 47.3 Å². The first-order chi connectivity index (χ1) is 18.5. The molecule has 1 atom stereocenters. The summed E-state index contributed by atoms with van der Waals surface area (Å²) in [5.41, 5.74) is 0.992. The predicted molar refractivity (Wildman–Crippen MR) is 142 cm³/mol. The van der Waals surface area contributed by atoms with Gasteiger partial charge >= 0.3 is 0 Å². The number of ketones is 1. The number of rotatable bonds is 12. The lowest BCUT2D eigenvalue weighted by Gasteiger charge is -2.25. The van der Waals surface area contributed by atoms with Gasteiger partial charge in [0.05, 0.1) is 44.7 Å². The SMILES string of the molecule is CCCCOc1ccc(C2/C(=C(\O)c3ccc(OCCC)cc3)C(=O)C(=O)N2Cc2ccco2)cc1OC. The van der Waals surface area contributed by atoms with Crippen molar-refractivity contribution >= 4 is 17.4 Å². The number of likely N-dealkylation sites (tertiary alicyclic amines) is 1. The maximum Gasteiger partial charge on any atom is 0.296 e. The molecule has 0 aliphatic carbocycles. The van der Waals surface area contributed by atoms with Crippen LogP contribution < -0.4 is 14.2 Å². The normalized spacial score (nSPS) is 16.6. The number of carbonyl (C=O) groups is 2. The van der Waals surface area contributed by atoms with Crippen LogP contribution >= 0.6 is 0 Å². The summed E-state index contributed by atoms with van der Waals surface area (Å²) in [6, 6.07) is 14.7. The lowest BCUT2D eigenvalue weighted by molar-refractivity contribution is -0.140. The molecule has 2 heterocycles. The molecule has 1 aliphatic rings. The van der Waals surface area contributed by atoms with Gasteiger partial charge in [0.2, 0.25) is 0 Å². The summed E-state index contributed by atoms with van der Waals surface area (Å²) < 4.78 is 22.5. The molecule has 0 radical (unpaired) electrons. The molecule has 1 fully saturated rings. The summed E-state index contributed by atoms with van der Waals surface area (Å²) in [7, 11) is 1.54. The fraction of sp³-hybridized carbons (Fsp3) is 0.333. The van der Waals surface area contributed by atoms with Gasteiger partial charge in [0.25, 0.3) is 11.7 Å². The van der Waals surface area contributed by atoms with Gasteiger partial charge in [-0.1, -0.05) is 26.3 Å². The largest absolute Gasteiger partial charge is 0.507 e. The van der Waals surface area contributed by atoms with E-state index in [4.69, 9.17) is 18.6 Å². The molecule has 200 valence electrons. The number of unbranched alkanes of at least 4 members (excludes halogenated alkanes) is 1. The van der Waals surface area contributed by atoms with Gasteiger partial charge in [0.1, 0.15) is 17.3 Å². The Morgan fingerprint density at radius 1 is 0.974 bits per heavy atom. The number of furan rings is 1. The van der Waals surface area contributed by atoms with Gasteiger partial charge in [-0.05, 0) is 66.9 Å². The molecule has 8 heteroatoms. The van der Waals surface area contributed by atoms with Gasteiger partial charge < -0.3 is 28.6 Å². The van der Waals surface area contributed by atoms with Crippen molar-refractivity contribution in [3.63, 3.8) is 0 Å². The summed E-state index contributed by atoms with van der Waals surface area (Å²) >= 11 is 0. The van der Waals surface area contributed by atoms with Gasteiger partial charge in [-0.25, -0.2) is 0 Å². The van der Waals surface area contributed by atoms with Crippen LogP contribution in [0, 0.1) is 0 Å². The molecule has 4 rings (SSSR count). The van der Waals surface area contributed by atoms with Crippen molar-refractivity contribution < 1.29 is 33.3 Å². The molecular weight excluding hydrogens is 486 g/mol. The lowest BCUT2D eigenvalue weighted by Crippen LogP contribution is -2.29. The highest BCUT2D eigenvalue weighted by molar-refractivity contribution is 6.46. The van der Waals surface area contributed by atoms with Crippen LogP contribution in [0.4, 0.5) is 0 Å². The van der Waals surface area contributed by atoms with Crippen molar-refractivity contribution in [2.75, 3.05) is 20.3 Å². The molecule has 1 saturated heterocycles. The van der Waals surface area contributed by atoms with Crippen molar-refractivity contribution in [1.82, 2.24) is 4.90 Å². The number of methoxy groups -OCH3 is 1. The van der Waals surface area contributed by atoms with Crippen molar-refractivity contribution in [1.29, 1.82) is 0 Å². The van der Waals surface area contributed by atoms with E-state index in [0.717, 1.165) is 19.3 Å². The summed E-state index contributed by atoms with van der Waals surface area (Å²) in [5.74, 6) is 0.447. The Balaban J connectivity index is 1.77. The molecule has 0 bridgehead atoms. The van der Waals surface area contributed by atoms with E-state index in [2.05, 4.69) is 6.92 Å². The summed E-state index contributed by atoms with van der Waals surface area (Å²) in [5, 5.41) is 11.3. The Morgan fingerprint density at radius 2 is 1.76 bits per heavy atom. The fourth-order valence-electron chi connectivity index (χ4n) is 4.34. The van der Waals surface area contributed by atoms with E-state index in [9.17, 15) is 14.7 Å². The predicted octanol–water partition coefficient (Wildman–Crippen LogP) is 5.88. The third kappa shape index (κ3) is 5.69. The fourth-order valence-corrected chi connectivity index (χ4v) is 4.34. The van der Waals surface area contributed by atoms with Crippen LogP contribution in [0.3, 0.4) is 0 Å². The van der Waals surface area contributed by atoms with E-state index in [-0.39, 0.29) is 17.9 Å². The number of aliphatic hydroxyl groups is 1. The highest BCUT2D eigenvalue weighted by Gasteiger charge is 2.46. The number of aliphatic hydroxyl groups excluding tert-OH is 1. The quantitative estimate of drug-likeness (QED) is 0.138. The van der Waals surface area contributed by atoms with E-state index in [1.54, 1.807) is 54.6 Å². The van der Waals surface area contributed by atoms with Crippen LogP contribution in [0.2, 0.25) is 0 Å². The van der Waals surface area contributed by atoms with E-state index >= 15 is 0 Å². The molecular formula is C30H33NO7. The van der Waals surface area contributed by atoms with E-state index in [1.165, 1.54) is 18.3 Å². The number of hydrogen-bond acceptors (Lipinski definition) is 7. The number of ether oxygens (including phenoxy) is 3. The number of benzene rings is 2. The highest BCUT2D eigenvalue weighted by Crippen LogP contribution is 2.43. The Kier molecular flexibility index (Phi) is 8.73. The zero-order chi connectivity index (χ0) is 27.1. The zero-order valence-corrected chi connectivity index (χ0v) is 21.9.